The first-order valence-corrected chi connectivity index (χ1v) is 8.40. The summed E-state index contributed by atoms with van der Waals surface area (Å²) < 4.78 is 0. The fourth-order valence-electron chi connectivity index (χ4n) is 2.53. The molecule has 1 aliphatic heterocycles. The van der Waals surface area contributed by atoms with Crippen molar-refractivity contribution in [1.82, 2.24) is 19.9 Å². The number of nitrogens with one attached hydrogen (secondary N) is 1. The number of anilines is 2. The zero-order valence-corrected chi connectivity index (χ0v) is 14.2. The summed E-state index contributed by atoms with van der Waals surface area (Å²) in [5, 5.41) is 3.65. The summed E-state index contributed by atoms with van der Waals surface area (Å²) in [5.41, 5.74) is 2.14. The molecule has 1 aliphatic rings. The van der Waals surface area contributed by atoms with Gasteiger partial charge in [0, 0.05) is 19.6 Å². The number of fused-ring (bicyclic) bond motifs is 1. The van der Waals surface area contributed by atoms with Gasteiger partial charge in [0.1, 0.15) is 0 Å². The lowest BCUT2D eigenvalue weighted by Crippen LogP contribution is -2.38. The lowest BCUT2D eigenvalue weighted by Gasteiger charge is -2.32. The molecular weight excluding hydrogens is 347 g/mol. The van der Waals surface area contributed by atoms with Gasteiger partial charge in [0.05, 0.1) is 0 Å². The Bertz CT molecular complexity index is 883. The Hall–Kier alpha value is -2.18. The van der Waals surface area contributed by atoms with Crippen molar-refractivity contribution in [1.29, 1.82) is 0 Å². The zero-order valence-electron chi connectivity index (χ0n) is 12.7. The third kappa shape index (κ3) is 2.95. The van der Waals surface area contributed by atoms with E-state index in [1.165, 1.54) is 0 Å². The normalized spacial score (nSPS) is 13.8. The maximum atomic E-state index is 6.30. The molecule has 1 N–H and O–H groups in total. The van der Waals surface area contributed by atoms with E-state index < -0.39 is 0 Å². The monoisotopic (exact) mass is 360 g/mol. The van der Waals surface area contributed by atoms with E-state index in [2.05, 4.69) is 30.2 Å². The van der Waals surface area contributed by atoms with Crippen LogP contribution in [0.15, 0.2) is 30.3 Å². The molecule has 0 radical (unpaired) electrons. The van der Waals surface area contributed by atoms with Crippen LogP contribution in [0.5, 0.6) is 0 Å². The van der Waals surface area contributed by atoms with Crippen LogP contribution < -0.4 is 10.2 Å². The Morgan fingerprint density at radius 1 is 1.00 bits per heavy atom. The van der Waals surface area contributed by atoms with Crippen molar-refractivity contribution in [3.8, 4) is 0 Å². The van der Waals surface area contributed by atoms with Crippen LogP contribution in [0.1, 0.15) is 12.0 Å². The van der Waals surface area contributed by atoms with Crippen molar-refractivity contribution >= 4 is 46.0 Å². The molecular formula is C16H14Cl2N6. The molecule has 24 heavy (non-hydrogen) atoms. The highest BCUT2D eigenvalue weighted by atomic mass is 35.5. The highest BCUT2D eigenvalue weighted by molar-refractivity contribution is 6.32. The molecule has 122 valence electrons. The highest BCUT2D eigenvalue weighted by Crippen LogP contribution is 2.29. The molecule has 1 aromatic carbocycles. The average molecular weight is 361 g/mol. The summed E-state index contributed by atoms with van der Waals surface area (Å²) in [4.78, 5) is 19.5. The Morgan fingerprint density at radius 3 is 2.50 bits per heavy atom. The minimum atomic E-state index is 0.162. The second-order valence-corrected chi connectivity index (χ2v) is 6.23. The summed E-state index contributed by atoms with van der Waals surface area (Å²) in [5.74, 6) is 1.18. The molecule has 0 unspecified atom stereocenters. The van der Waals surface area contributed by atoms with E-state index in [0.717, 1.165) is 25.1 Å². The Morgan fingerprint density at radius 2 is 1.79 bits per heavy atom. The van der Waals surface area contributed by atoms with Crippen LogP contribution in [0.25, 0.3) is 11.2 Å². The van der Waals surface area contributed by atoms with Crippen molar-refractivity contribution in [2.45, 2.75) is 13.0 Å². The molecule has 1 fully saturated rings. The minimum absolute atomic E-state index is 0.162. The number of benzene rings is 1. The molecule has 0 spiro atoms. The van der Waals surface area contributed by atoms with Crippen LogP contribution in [0.3, 0.4) is 0 Å². The molecule has 6 nitrogen and oxygen atoms in total. The van der Waals surface area contributed by atoms with Crippen molar-refractivity contribution in [2.75, 3.05) is 23.3 Å². The molecule has 4 rings (SSSR count). The first-order valence-electron chi connectivity index (χ1n) is 7.64. The fraction of sp³-hybridized carbons (Fsp3) is 0.250. The van der Waals surface area contributed by atoms with Gasteiger partial charge in [0.15, 0.2) is 28.0 Å². The zero-order chi connectivity index (χ0) is 16.5. The number of hydrogen-bond donors (Lipinski definition) is 1. The SMILES string of the molecule is Clc1nc(N2CCC2)c2nc(Cl)c(NCc3ccccc3)nc2n1. The summed E-state index contributed by atoms with van der Waals surface area (Å²) in [6.07, 6.45) is 1.13. The number of aromatic nitrogens is 4. The van der Waals surface area contributed by atoms with E-state index >= 15 is 0 Å². The van der Waals surface area contributed by atoms with Gasteiger partial charge in [-0.2, -0.15) is 9.97 Å². The largest absolute Gasteiger partial charge is 0.363 e. The van der Waals surface area contributed by atoms with Crippen molar-refractivity contribution in [3.63, 3.8) is 0 Å². The Labute approximate surface area is 148 Å². The minimum Gasteiger partial charge on any atom is -0.363 e. The third-order valence-electron chi connectivity index (χ3n) is 3.90. The van der Waals surface area contributed by atoms with Crippen LogP contribution in [-0.4, -0.2) is 33.0 Å². The van der Waals surface area contributed by atoms with E-state index in [1.54, 1.807) is 0 Å². The van der Waals surface area contributed by atoms with E-state index in [4.69, 9.17) is 23.2 Å². The Balaban J connectivity index is 1.68. The van der Waals surface area contributed by atoms with Gasteiger partial charge in [0.25, 0.3) is 0 Å². The smallest absolute Gasteiger partial charge is 0.226 e. The van der Waals surface area contributed by atoms with E-state index in [-0.39, 0.29) is 5.28 Å². The number of nitrogens with zero attached hydrogens (tertiary/aromatic N) is 5. The lowest BCUT2D eigenvalue weighted by molar-refractivity contribution is 0.611. The first kappa shape index (κ1) is 15.4. The molecule has 3 aromatic rings. The van der Waals surface area contributed by atoms with Gasteiger partial charge in [-0.05, 0) is 23.6 Å². The lowest BCUT2D eigenvalue weighted by atomic mass is 10.2. The van der Waals surface area contributed by atoms with Crippen molar-refractivity contribution in [2.24, 2.45) is 0 Å². The topological polar surface area (TPSA) is 66.8 Å². The summed E-state index contributed by atoms with van der Waals surface area (Å²) in [7, 11) is 0. The van der Waals surface area contributed by atoms with Crippen LogP contribution in [0.4, 0.5) is 11.6 Å². The summed E-state index contributed by atoms with van der Waals surface area (Å²) in [6, 6.07) is 9.99. The van der Waals surface area contributed by atoms with Crippen molar-refractivity contribution < 1.29 is 0 Å². The molecule has 0 atom stereocenters. The average Bonchev–Trinajstić information content (AvgIpc) is 2.53. The van der Waals surface area contributed by atoms with Crippen LogP contribution in [0, 0.1) is 0 Å². The summed E-state index contributed by atoms with van der Waals surface area (Å²) >= 11 is 12.3. The molecule has 3 heterocycles. The number of hydrogen-bond acceptors (Lipinski definition) is 6. The molecule has 0 bridgehead atoms. The van der Waals surface area contributed by atoms with Gasteiger partial charge in [-0.3, -0.25) is 0 Å². The van der Waals surface area contributed by atoms with Gasteiger partial charge in [-0.25, -0.2) is 9.97 Å². The van der Waals surface area contributed by atoms with Gasteiger partial charge in [0.2, 0.25) is 5.28 Å². The molecule has 0 saturated carbocycles. The van der Waals surface area contributed by atoms with Gasteiger partial charge >= 0.3 is 0 Å². The maximum Gasteiger partial charge on any atom is 0.226 e. The van der Waals surface area contributed by atoms with E-state index in [9.17, 15) is 0 Å². The number of halogens is 2. The predicted molar refractivity (Wildman–Crippen MR) is 95.7 cm³/mol. The maximum absolute atomic E-state index is 6.30. The highest BCUT2D eigenvalue weighted by Gasteiger charge is 2.22. The van der Waals surface area contributed by atoms with Gasteiger partial charge < -0.3 is 10.2 Å². The first-order chi connectivity index (χ1) is 11.7. The summed E-state index contributed by atoms with van der Waals surface area (Å²) in [6.45, 7) is 2.45. The van der Waals surface area contributed by atoms with Crippen LogP contribution >= 0.6 is 23.2 Å². The number of rotatable bonds is 4. The van der Waals surface area contributed by atoms with Crippen molar-refractivity contribution in [3.05, 3.63) is 46.3 Å². The molecule has 0 amide bonds. The molecule has 0 aliphatic carbocycles. The fourth-order valence-corrected chi connectivity index (χ4v) is 2.88. The van der Waals surface area contributed by atoms with Crippen LogP contribution in [-0.2, 0) is 6.54 Å². The molecule has 8 heteroatoms. The Kier molecular flexibility index (Phi) is 4.08. The second kappa shape index (κ2) is 6.37. The van der Waals surface area contributed by atoms with Crippen LogP contribution in [0.2, 0.25) is 10.4 Å². The predicted octanol–water partition coefficient (Wildman–Crippen LogP) is 3.55. The quantitative estimate of drug-likeness (QED) is 0.717. The third-order valence-corrected chi connectivity index (χ3v) is 4.33. The standard InChI is InChI=1S/C16H14Cl2N6/c17-12-14(19-9-10-5-2-1-3-6-10)21-13-11(20-12)15(23-16(18)22-13)24-7-4-8-24/h1-3,5-6H,4,7-9H2,(H,19,21,22,23). The van der Waals surface area contributed by atoms with Gasteiger partial charge in [-0.1, -0.05) is 41.9 Å². The molecule has 1 saturated heterocycles. The second-order valence-electron chi connectivity index (χ2n) is 5.53. The van der Waals surface area contributed by atoms with E-state index in [1.807, 2.05) is 30.3 Å². The van der Waals surface area contributed by atoms with E-state index in [0.29, 0.717) is 34.5 Å². The van der Waals surface area contributed by atoms with Gasteiger partial charge in [-0.15, -0.1) is 0 Å². The molecule has 2 aromatic heterocycles.